The van der Waals surface area contributed by atoms with Crippen molar-refractivity contribution in [3.63, 3.8) is 0 Å². The molecule has 0 unspecified atom stereocenters. The van der Waals surface area contributed by atoms with Crippen LogP contribution in [0.3, 0.4) is 0 Å². The molecule has 0 radical (unpaired) electrons. The summed E-state index contributed by atoms with van der Waals surface area (Å²) in [6.07, 6.45) is -3.18. The zero-order valence-electron chi connectivity index (χ0n) is 8.00. The van der Waals surface area contributed by atoms with Gasteiger partial charge in [-0.2, -0.15) is 0 Å². The minimum atomic E-state index is -4.52. The van der Waals surface area contributed by atoms with Crippen LogP contribution < -0.4 is 10.9 Å². The van der Waals surface area contributed by atoms with Crippen LogP contribution >= 0.6 is 0 Å². The van der Waals surface area contributed by atoms with E-state index in [1.54, 1.807) is 0 Å². The first kappa shape index (κ1) is 13.2. The molecule has 17 heavy (non-hydrogen) atoms. The summed E-state index contributed by atoms with van der Waals surface area (Å²) in [5.74, 6) is -1.07. The second kappa shape index (κ2) is 4.18. The molecule has 0 aromatic carbocycles. The Labute approximate surface area is 93.4 Å². The summed E-state index contributed by atoms with van der Waals surface area (Å²) in [4.78, 5) is 12.3. The maximum atomic E-state index is 12.5. The van der Waals surface area contributed by atoms with Gasteiger partial charge in [-0.1, -0.05) is 0 Å². The molecule has 0 saturated carbocycles. The molecule has 0 spiro atoms. The number of pyridine rings is 1. The van der Waals surface area contributed by atoms with Crippen LogP contribution in [0.4, 0.5) is 20.3 Å². The molecule has 1 heterocycles. The molecule has 0 amide bonds. The van der Waals surface area contributed by atoms with Crippen LogP contribution in [0.2, 0.25) is 0 Å². The van der Waals surface area contributed by atoms with E-state index >= 15 is 0 Å². The molecule has 0 aliphatic rings. The van der Waals surface area contributed by atoms with E-state index in [0.717, 1.165) is 0 Å². The van der Waals surface area contributed by atoms with Crippen molar-refractivity contribution in [3.8, 4) is 0 Å². The van der Waals surface area contributed by atoms with Crippen molar-refractivity contribution in [1.29, 1.82) is 0 Å². The molecule has 0 fully saturated rings. The van der Waals surface area contributed by atoms with Gasteiger partial charge in [0.25, 0.3) is 16.4 Å². The second-order valence-electron chi connectivity index (χ2n) is 2.89. The van der Waals surface area contributed by atoms with Gasteiger partial charge in [0.15, 0.2) is 0 Å². The Morgan fingerprint density at radius 1 is 1.47 bits per heavy atom. The van der Waals surface area contributed by atoms with Gasteiger partial charge in [-0.3, -0.25) is 0 Å². The molecule has 1 aromatic heterocycles. The number of hydrogen-bond acceptors (Lipinski definition) is 6. The Kier molecular flexibility index (Phi) is 3.24. The van der Waals surface area contributed by atoms with Crippen molar-refractivity contribution >= 4 is 21.5 Å². The van der Waals surface area contributed by atoms with E-state index in [2.05, 4.69) is 10.1 Å². The lowest BCUT2D eigenvalue weighted by Crippen LogP contribution is -2.18. The van der Waals surface area contributed by atoms with Crippen LogP contribution in [0.5, 0.6) is 0 Å². The first-order valence-electron chi connectivity index (χ1n) is 3.90. The van der Waals surface area contributed by atoms with Crippen molar-refractivity contribution in [2.75, 3.05) is 5.73 Å². The average Bonchev–Trinajstić information content (AvgIpc) is 2.15. The van der Waals surface area contributed by atoms with Gasteiger partial charge in [0.1, 0.15) is 5.69 Å². The maximum absolute atomic E-state index is 12.5. The third-order valence-electron chi connectivity index (χ3n) is 1.73. The zero-order chi connectivity index (χ0) is 13.4. The van der Waals surface area contributed by atoms with Crippen molar-refractivity contribution < 1.29 is 22.1 Å². The fraction of sp³-hybridized carbons (Fsp3) is 0.167. The number of nitrogens with two attached hydrogens (primary N) is 2. The van der Waals surface area contributed by atoms with Gasteiger partial charge in [0.05, 0.1) is 5.56 Å². The molecular formula is C6H6F2N4O4S. The number of anilines is 1. The zero-order valence-corrected chi connectivity index (χ0v) is 8.82. The smallest absolute Gasteiger partial charge is 0.365 e. The van der Waals surface area contributed by atoms with Gasteiger partial charge >= 0.3 is 10.8 Å². The lowest BCUT2D eigenvalue weighted by Gasteiger charge is -2.05. The number of hydrogen-bond donors (Lipinski definition) is 2. The van der Waals surface area contributed by atoms with E-state index in [4.69, 9.17) is 5.73 Å². The fourth-order valence-corrected chi connectivity index (χ4v) is 1.67. The number of primary sulfonamides is 1. The standard InChI is InChI=1S/C6H6F2N4O4S/c7-5(8)2-1-3(12(13)14)11-6(4(2)9)17(10,15)16/h1,5H,9H2,(H2,10,15,16). The van der Waals surface area contributed by atoms with Crippen molar-refractivity contribution in [2.24, 2.45) is 5.14 Å². The fourth-order valence-electron chi connectivity index (χ4n) is 1.03. The predicted molar refractivity (Wildman–Crippen MR) is 51.6 cm³/mol. The first-order chi connectivity index (χ1) is 7.64. The van der Waals surface area contributed by atoms with Crippen LogP contribution in [-0.2, 0) is 10.0 Å². The Balaban J connectivity index is 3.67. The van der Waals surface area contributed by atoms with E-state index in [0.29, 0.717) is 6.07 Å². The highest BCUT2D eigenvalue weighted by molar-refractivity contribution is 7.89. The van der Waals surface area contributed by atoms with E-state index in [1.165, 1.54) is 0 Å². The number of halogens is 2. The highest BCUT2D eigenvalue weighted by atomic mass is 32.2. The van der Waals surface area contributed by atoms with E-state index < -0.39 is 43.5 Å². The third kappa shape index (κ3) is 2.62. The number of alkyl halides is 2. The Morgan fingerprint density at radius 3 is 2.35 bits per heavy atom. The predicted octanol–water partition coefficient (Wildman–Crippen LogP) is 0.157. The molecule has 0 saturated heterocycles. The van der Waals surface area contributed by atoms with E-state index in [1.807, 2.05) is 0 Å². The second-order valence-corrected chi connectivity index (χ2v) is 4.37. The molecule has 0 atom stereocenters. The monoisotopic (exact) mass is 268 g/mol. The van der Waals surface area contributed by atoms with Gasteiger partial charge in [0, 0.05) is 6.07 Å². The van der Waals surface area contributed by atoms with Gasteiger partial charge in [0.2, 0.25) is 0 Å². The number of rotatable bonds is 3. The number of nitro groups is 1. The molecule has 0 aliphatic carbocycles. The van der Waals surface area contributed by atoms with Gasteiger partial charge < -0.3 is 15.8 Å². The SMILES string of the molecule is Nc1c(C(F)F)cc([N+](=O)[O-])nc1S(N)(=O)=O. The van der Waals surface area contributed by atoms with Gasteiger partial charge in [-0.05, 0) is 9.91 Å². The summed E-state index contributed by atoms with van der Waals surface area (Å²) >= 11 is 0. The molecule has 1 aromatic rings. The summed E-state index contributed by atoms with van der Waals surface area (Å²) in [7, 11) is -4.52. The number of nitrogens with zero attached hydrogens (tertiary/aromatic N) is 2. The lowest BCUT2D eigenvalue weighted by molar-refractivity contribution is -0.390. The van der Waals surface area contributed by atoms with E-state index in [9.17, 15) is 27.3 Å². The number of sulfonamides is 1. The topological polar surface area (TPSA) is 142 Å². The molecule has 8 nitrogen and oxygen atoms in total. The molecule has 11 heteroatoms. The largest absolute Gasteiger partial charge is 0.394 e. The molecule has 0 aliphatic heterocycles. The molecule has 0 bridgehead atoms. The summed E-state index contributed by atoms with van der Waals surface area (Å²) in [5, 5.41) is 13.9. The molecular weight excluding hydrogens is 262 g/mol. The lowest BCUT2D eigenvalue weighted by atomic mass is 10.2. The molecule has 94 valence electrons. The molecule has 1 rings (SSSR count). The van der Waals surface area contributed by atoms with Crippen molar-refractivity contribution in [1.82, 2.24) is 4.98 Å². The van der Waals surface area contributed by atoms with Crippen LogP contribution in [0.15, 0.2) is 11.1 Å². The highest BCUT2D eigenvalue weighted by Crippen LogP contribution is 2.31. The molecule has 4 N–H and O–H groups in total. The average molecular weight is 268 g/mol. The normalized spacial score (nSPS) is 11.8. The van der Waals surface area contributed by atoms with Crippen LogP contribution in [0.25, 0.3) is 0 Å². The Bertz CT molecular complexity index is 574. The third-order valence-corrected chi connectivity index (χ3v) is 2.58. The quantitative estimate of drug-likeness (QED) is 0.590. The summed E-state index contributed by atoms with van der Waals surface area (Å²) in [5.41, 5.74) is 3.22. The van der Waals surface area contributed by atoms with Gasteiger partial charge in [-0.15, -0.1) is 0 Å². The minimum absolute atomic E-state index is 0.397. The van der Waals surface area contributed by atoms with E-state index in [-0.39, 0.29) is 0 Å². The number of nitrogen functional groups attached to an aromatic ring is 1. The minimum Gasteiger partial charge on any atom is -0.394 e. The highest BCUT2D eigenvalue weighted by Gasteiger charge is 2.29. The summed E-state index contributed by atoms with van der Waals surface area (Å²) in [6.45, 7) is 0. The number of aromatic nitrogens is 1. The Hall–Kier alpha value is -1.88. The first-order valence-corrected chi connectivity index (χ1v) is 5.45. The maximum Gasteiger partial charge on any atom is 0.365 e. The van der Waals surface area contributed by atoms with Crippen LogP contribution in [0.1, 0.15) is 12.0 Å². The van der Waals surface area contributed by atoms with Crippen LogP contribution in [0, 0.1) is 10.1 Å². The van der Waals surface area contributed by atoms with Crippen LogP contribution in [-0.4, -0.2) is 18.3 Å². The van der Waals surface area contributed by atoms with Crippen molar-refractivity contribution in [2.45, 2.75) is 11.5 Å². The summed E-state index contributed by atoms with van der Waals surface area (Å²) < 4.78 is 46.9. The van der Waals surface area contributed by atoms with Gasteiger partial charge in [-0.25, -0.2) is 22.3 Å². The summed E-state index contributed by atoms with van der Waals surface area (Å²) in [6, 6.07) is 0.397. The van der Waals surface area contributed by atoms with Crippen molar-refractivity contribution in [3.05, 3.63) is 21.7 Å². The Morgan fingerprint density at radius 2 is 2.00 bits per heavy atom.